The fraction of sp³-hybridized carbons (Fsp3) is 0.565. The summed E-state index contributed by atoms with van der Waals surface area (Å²) in [6, 6.07) is 15.7. The SMILES string of the molecule is c1ccc2c(C3CCN(CCCC4CCCNC4)CC3)cccc2c1. The molecule has 0 aliphatic carbocycles. The first-order valence-electron chi connectivity index (χ1n) is 10.3. The first-order valence-corrected chi connectivity index (χ1v) is 10.3. The molecule has 1 unspecified atom stereocenters. The fourth-order valence-electron chi connectivity index (χ4n) is 4.85. The molecule has 134 valence electrons. The van der Waals surface area contributed by atoms with Crippen LogP contribution in [0.1, 0.15) is 50.0 Å². The normalized spacial score (nSPS) is 23.1. The van der Waals surface area contributed by atoms with Crippen LogP contribution in [0.4, 0.5) is 0 Å². The molecule has 0 amide bonds. The number of hydrogen-bond donors (Lipinski definition) is 1. The van der Waals surface area contributed by atoms with Crippen LogP contribution in [0.3, 0.4) is 0 Å². The summed E-state index contributed by atoms with van der Waals surface area (Å²) in [5.41, 5.74) is 1.58. The van der Waals surface area contributed by atoms with Crippen molar-refractivity contribution in [2.45, 2.75) is 44.4 Å². The lowest BCUT2D eigenvalue weighted by Crippen LogP contribution is -2.34. The topological polar surface area (TPSA) is 15.3 Å². The lowest BCUT2D eigenvalue weighted by molar-refractivity contribution is 0.202. The summed E-state index contributed by atoms with van der Waals surface area (Å²) >= 11 is 0. The molecule has 2 aromatic carbocycles. The van der Waals surface area contributed by atoms with E-state index >= 15 is 0 Å². The van der Waals surface area contributed by atoms with E-state index in [-0.39, 0.29) is 0 Å². The Balaban J connectivity index is 1.28. The molecule has 1 N–H and O–H groups in total. The summed E-state index contributed by atoms with van der Waals surface area (Å²) < 4.78 is 0. The third-order valence-corrected chi connectivity index (χ3v) is 6.34. The van der Waals surface area contributed by atoms with Gasteiger partial charge in [-0.1, -0.05) is 42.5 Å². The Bertz CT molecular complexity index is 661. The Morgan fingerprint density at radius 3 is 2.64 bits per heavy atom. The second-order valence-corrected chi connectivity index (χ2v) is 8.04. The van der Waals surface area contributed by atoms with E-state index in [4.69, 9.17) is 0 Å². The molecule has 2 nitrogen and oxygen atoms in total. The Kier molecular flexibility index (Phi) is 5.68. The predicted molar refractivity (Wildman–Crippen MR) is 107 cm³/mol. The largest absolute Gasteiger partial charge is 0.316 e. The highest BCUT2D eigenvalue weighted by Gasteiger charge is 2.22. The van der Waals surface area contributed by atoms with Crippen molar-refractivity contribution in [1.29, 1.82) is 0 Å². The van der Waals surface area contributed by atoms with Crippen LogP contribution >= 0.6 is 0 Å². The van der Waals surface area contributed by atoms with Crippen molar-refractivity contribution in [2.24, 2.45) is 5.92 Å². The highest BCUT2D eigenvalue weighted by atomic mass is 15.1. The number of rotatable bonds is 5. The molecule has 1 atom stereocenters. The summed E-state index contributed by atoms with van der Waals surface area (Å²) in [7, 11) is 0. The summed E-state index contributed by atoms with van der Waals surface area (Å²) in [4.78, 5) is 2.71. The Morgan fingerprint density at radius 2 is 1.80 bits per heavy atom. The molecule has 0 bridgehead atoms. The number of piperidine rings is 2. The average molecular weight is 337 g/mol. The van der Waals surface area contributed by atoms with E-state index in [1.54, 1.807) is 5.56 Å². The maximum atomic E-state index is 3.55. The summed E-state index contributed by atoms with van der Waals surface area (Å²) in [5, 5.41) is 6.41. The number of hydrogen-bond acceptors (Lipinski definition) is 2. The molecule has 2 fully saturated rings. The molecule has 2 aliphatic heterocycles. The first kappa shape index (κ1) is 17.1. The van der Waals surface area contributed by atoms with Gasteiger partial charge in [-0.15, -0.1) is 0 Å². The van der Waals surface area contributed by atoms with Crippen molar-refractivity contribution in [1.82, 2.24) is 10.2 Å². The smallest absolute Gasteiger partial charge is 0.00129 e. The van der Waals surface area contributed by atoms with Crippen molar-refractivity contribution >= 4 is 10.8 Å². The molecule has 0 spiro atoms. The Labute approximate surface area is 152 Å². The van der Waals surface area contributed by atoms with Gasteiger partial charge in [0, 0.05) is 0 Å². The van der Waals surface area contributed by atoms with Crippen molar-refractivity contribution in [3.05, 3.63) is 48.0 Å². The molecule has 0 aromatic heterocycles. The van der Waals surface area contributed by atoms with Crippen LogP contribution in [-0.4, -0.2) is 37.6 Å². The van der Waals surface area contributed by atoms with E-state index in [2.05, 4.69) is 52.7 Å². The van der Waals surface area contributed by atoms with Crippen LogP contribution < -0.4 is 5.32 Å². The van der Waals surface area contributed by atoms with Gasteiger partial charge in [0.05, 0.1) is 0 Å². The quantitative estimate of drug-likeness (QED) is 0.844. The molecule has 25 heavy (non-hydrogen) atoms. The summed E-state index contributed by atoms with van der Waals surface area (Å²) in [5.74, 6) is 1.67. The lowest BCUT2D eigenvalue weighted by Gasteiger charge is -2.33. The fourth-order valence-corrected chi connectivity index (χ4v) is 4.85. The van der Waals surface area contributed by atoms with Gasteiger partial charge < -0.3 is 10.2 Å². The molecule has 2 saturated heterocycles. The average Bonchev–Trinajstić information content (AvgIpc) is 2.69. The molecule has 2 heterocycles. The van der Waals surface area contributed by atoms with Gasteiger partial charge in [-0.05, 0) is 99.4 Å². The molecule has 0 radical (unpaired) electrons. The van der Waals surface area contributed by atoms with Gasteiger partial charge in [0.1, 0.15) is 0 Å². The van der Waals surface area contributed by atoms with E-state index in [0.717, 1.165) is 11.8 Å². The van der Waals surface area contributed by atoms with E-state index < -0.39 is 0 Å². The van der Waals surface area contributed by atoms with E-state index in [0.29, 0.717) is 0 Å². The molecular weight excluding hydrogens is 304 g/mol. The van der Waals surface area contributed by atoms with Gasteiger partial charge in [-0.25, -0.2) is 0 Å². The van der Waals surface area contributed by atoms with Crippen LogP contribution in [-0.2, 0) is 0 Å². The van der Waals surface area contributed by atoms with Crippen LogP contribution in [0, 0.1) is 5.92 Å². The third kappa shape index (κ3) is 4.24. The molecular formula is C23H32N2. The standard InChI is InChI=1S/C23H32N2/c1-2-10-22-20(8-1)9-3-11-23(22)21-12-16-25(17-13-21)15-5-7-19-6-4-14-24-18-19/h1-3,8-11,19,21,24H,4-7,12-18H2. The minimum atomic E-state index is 0.741. The van der Waals surface area contributed by atoms with Gasteiger partial charge in [-0.2, -0.15) is 0 Å². The summed E-state index contributed by atoms with van der Waals surface area (Å²) in [6.45, 7) is 6.34. The first-order chi connectivity index (χ1) is 12.4. The molecule has 2 aliphatic rings. The summed E-state index contributed by atoms with van der Waals surface area (Å²) in [6.07, 6.45) is 8.25. The zero-order valence-corrected chi connectivity index (χ0v) is 15.4. The third-order valence-electron chi connectivity index (χ3n) is 6.34. The second kappa shape index (κ2) is 8.33. The van der Waals surface area contributed by atoms with Gasteiger partial charge >= 0.3 is 0 Å². The van der Waals surface area contributed by atoms with Crippen molar-refractivity contribution < 1.29 is 0 Å². The molecule has 0 saturated carbocycles. The van der Waals surface area contributed by atoms with E-state index in [1.807, 2.05) is 0 Å². The minimum absolute atomic E-state index is 0.741. The van der Waals surface area contributed by atoms with Gasteiger partial charge in [0.2, 0.25) is 0 Å². The van der Waals surface area contributed by atoms with E-state index in [9.17, 15) is 0 Å². The molecule has 2 aromatic rings. The maximum absolute atomic E-state index is 3.55. The van der Waals surface area contributed by atoms with Crippen LogP contribution in [0.15, 0.2) is 42.5 Å². The van der Waals surface area contributed by atoms with Gasteiger partial charge in [0.15, 0.2) is 0 Å². The number of benzene rings is 2. The number of fused-ring (bicyclic) bond motifs is 1. The minimum Gasteiger partial charge on any atom is -0.316 e. The van der Waals surface area contributed by atoms with Crippen molar-refractivity contribution in [2.75, 3.05) is 32.7 Å². The zero-order valence-electron chi connectivity index (χ0n) is 15.4. The second-order valence-electron chi connectivity index (χ2n) is 8.04. The molecule has 2 heteroatoms. The lowest BCUT2D eigenvalue weighted by atomic mass is 9.86. The van der Waals surface area contributed by atoms with Crippen molar-refractivity contribution in [3.63, 3.8) is 0 Å². The monoisotopic (exact) mass is 336 g/mol. The highest BCUT2D eigenvalue weighted by Crippen LogP contribution is 2.33. The maximum Gasteiger partial charge on any atom is -0.00129 e. The van der Waals surface area contributed by atoms with Crippen LogP contribution in [0.2, 0.25) is 0 Å². The van der Waals surface area contributed by atoms with Gasteiger partial charge in [0.25, 0.3) is 0 Å². The van der Waals surface area contributed by atoms with Crippen molar-refractivity contribution in [3.8, 4) is 0 Å². The van der Waals surface area contributed by atoms with E-state index in [1.165, 1.54) is 82.0 Å². The number of likely N-dealkylation sites (tertiary alicyclic amines) is 1. The number of nitrogens with zero attached hydrogens (tertiary/aromatic N) is 1. The van der Waals surface area contributed by atoms with Gasteiger partial charge in [-0.3, -0.25) is 0 Å². The Hall–Kier alpha value is -1.38. The Morgan fingerprint density at radius 1 is 0.960 bits per heavy atom. The highest BCUT2D eigenvalue weighted by molar-refractivity contribution is 5.86. The van der Waals surface area contributed by atoms with Crippen LogP contribution in [0.5, 0.6) is 0 Å². The molecule has 4 rings (SSSR count). The zero-order chi connectivity index (χ0) is 16.9. The predicted octanol–water partition coefficient (Wildman–Crippen LogP) is 4.80. The number of nitrogens with one attached hydrogen (secondary N) is 1. The van der Waals surface area contributed by atoms with Crippen LogP contribution in [0.25, 0.3) is 10.8 Å².